The van der Waals surface area contributed by atoms with Gasteiger partial charge in [0.05, 0.1) is 0 Å². The lowest BCUT2D eigenvalue weighted by molar-refractivity contribution is -0.137. The van der Waals surface area contributed by atoms with Gasteiger partial charge in [-0.2, -0.15) is 0 Å². The fourth-order valence-electron chi connectivity index (χ4n) is 3.17. The molecular weight excluding hydrogens is 389 g/mol. The topological polar surface area (TPSA) is 87.7 Å². The van der Waals surface area contributed by atoms with Crippen LogP contribution in [0.2, 0.25) is 0 Å². The Hall–Kier alpha value is -2.91. The highest BCUT2D eigenvalue weighted by atomic mass is 19.2. The van der Waals surface area contributed by atoms with Crippen molar-refractivity contribution < 1.29 is 32.7 Å². The number of nitrogens with one attached hydrogen (secondary N) is 2. The van der Waals surface area contributed by atoms with E-state index in [2.05, 4.69) is 5.32 Å². The molecule has 0 saturated carbocycles. The van der Waals surface area contributed by atoms with Crippen molar-refractivity contribution >= 4 is 11.8 Å². The number of hydrogen-bond donors (Lipinski definition) is 3. The van der Waals surface area contributed by atoms with Gasteiger partial charge < -0.3 is 10.1 Å². The third-order valence-electron chi connectivity index (χ3n) is 4.81. The molecular formula is C20H19F3N2O4. The highest BCUT2D eigenvalue weighted by Crippen LogP contribution is 2.26. The van der Waals surface area contributed by atoms with Gasteiger partial charge in [0.2, 0.25) is 5.91 Å². The molecule has 1 saturated heterocycles. The second-order valence-corrected chi connectivity index (χ2v) is 6.68. The molecule has 1 atom stereocenters. The molecule has 1 heterocycles. The summed E-state index contributed by atoms with van der Waals surface area (Å²) >= 11 is 0. The van der Waals surface area contributed by atoms with Gasteiger partial charge in [-0.15, -0.1) is 0 Å². The van der Waals surface area contributed by atoms with Gasteiger partial charge in [-0.05, 0) is 41.7 Å². The van der Waals surface area contributed by atoms with E-state index < -0.39 is 29.4 Å². The Morgan fingerprint density at radius 3 is 2.14 bits per heavy atom. The summed E-state index contributed by atoms with van der Waals surface area (Å²) in [6.45, 7) is 0.906. The summed E-state index contributed by atoms with van der Waals surface area (Å²) in [6, 6.07) is 6.44. The van der Waals surface area contributed by atoms with Crippen molar-refractivity contribution in [3.8, 4) is 11.1 Å². The molecule has 29 heavy (non-hydrogen) atoms. The summed E-state index contributed by atoms with van der Waals surface area (Å²) in [6.07, 6.45) is 1.06. The van der Waals surface area contributed by atoms with Gasteiger partial charge >= 0.3 is 0 Å². The quantitative estimate of drug-likeness (QED) is 0.403. The van der Waals surface area contributed by atoms with E-state index in [0.717, 1.165) is 12.1 Å². The molecule has 3 rings (SSSR count). The maximum Gasteiger partial charge on any atom is 0.270 e. The second-order valence-electron chi connectivity index (χ2n) is 6.68. The summed E-state index contributed by atoms with van der Waals surface area (Å²) < 4.78 is 45.3. The SMILES string of the molecule is O=C(N[C@@H](C(=O)NO)c1ccc(-c2cc(F)c(F)c(F)c2)cc1)C1CCOCC1. The van der Waals surface area contributed by atoms with Crippen LogP contribution in [0, 0.1) is 23.4 Å². The standard InChI is InChI=1S/C20H19F3N2O4/c21-15-9-14(10-16(22)17(15)23)11-1-3-12(4-2-11)18(20(27)25-28)24-19(26)13-5-7-29-8-6-13/h1-4,9-10,13,18,28H,5-8H2,(H,24,26)(H,25,27)/t18-/m1/s1. The molecule has 1 fully saturated rings. The molecule has 0 radical (unpaired) electrons. The van der Waals surface area contributed by atoms with Crippen LogP contribution in [0.15, 0.2) is 36.4 Å². The summed E-state index contributed by atoms with van der Waals surface area (Å²) in [5.41, 5.74) is 2.36. The molecule has 0 bridgehead atoms. The van der Waals surface area contributed by atoms with Gasteiger partial charge in [-0.1, -0.05) is 24.3 Å². The minimum absolute atomic E-state index is 0.113. The fourth-order valence-corrected chi connectivity index (χ4v) is 3.17. The van der Waals surface area contributed by atoms with Crippen molar-refractivity contribution in [2.45, 2.75) is 18.9 Å². The van der Waals surface area contributed by atoms with Crippen LogP contribution in [0.5, 0.6) is 0 Å². The number of benzene rings is 2. The number of ether oxygens (including phenoxy) is 1. The van der Waals surface area contributed by atoms with Crippen LogP contribution in [0.4, 0.5) is 13.2 Å². The molecule has 2 aromatic carbocycles. The van der Waals surface area contributed by atoms with E-state index in [1.165, 1.54) is 29.7 Å². The molecule has 154 valence electrons. The van der Waals surface area contributed by atoms with E-state index in [9.17, 15) is 22.8 Å². The van der Waals surface area contributed by atoms with Crippen LogP contribution in [-0.2, 0) is 14.3 Å². The summed E-state index contributed by atoms with van der Waals surface area (Å²) in [7, 11) is 0. The lowest BCUT2D eigenvalue weighted by Crippen LogP contribution is -2.42. The smallest absolute Gasteiger partial charge is 0.270 e. The Morgan fingerprint density at radius 1 is 1.00 bits per heavy atom. The first-order valence-electron chi connectivity index (χ1n) is 8.97. The minimum Gasteiger partial charge on any atom is -0.381 e. The van der Waals surface area contributed by atoms with Crippen molar-refractivity contribution in [2.75, 3.05) is 13.2 Å². The zero-order valence-corrected chi connectivity index (χ0v) is 15.3. The van der Waals surface area contributed by atoms with Crippen LogP contribution in [-0.4, -0.2) is 30.2 Å². The van der Waals surface area contributed by atoms with E-state index >= 15 is 0 Å². The maximum absolute atomic E-state index is 13.5. The van der Waals surface area contributed by atoms with Crippen molar-refractivity contribution in [2.24, 2.45) is 5.92 Å². The molecule has 1 aliphatic heterocycles. The predicted octanol–water partition coefficient (Wildman–Crippen LogP) is 2.86. The highest BCUT2D eigenvalue weighted by molar-refractivity contribution is 5.89. The molecule has 1 aliphatic rings. The van der Waals surface area contributed by atoms with Gasteiger partial charge in [0.25, 0.3) is 5.91 Å². The number of halogens is 3. The molecule has 2 aromatic rings. The first kappa shape index (κ1) is 20.8. The number of hydroxylamine groups is 1. The highest BCUT2D eigenvalue weighted by Gasteiger charge is 2.28. The number of rotatable bonds is 5. The zero-order valence-electron chi connectivity index (χ0n) is 15.3. The van der Waals surface area contributed by atoms with Gasteiger partial charge in [-0.3, -0.25) is 14.8 Å². The van der Waals surface area contributed by atoms with Crippen LogP contribution >= 0.6 is 0 Å². The summed E-state index contributed by atoms with van der Waals surface area (Å²) in [4.78, 5) is 24.5. The fraction of sp³-hybridized carbons (Fsp3) is 0.300. The third kappa shape index (κ3) is 4.75. The molecule has 0 aromatic heterocycles. The minimum atomic E-state index is -1.55. The van der Waals surface area contributed by atoms with E-state index in [0.29, 0.717) is 37.2 Å². The summed E-state index contributed by atoms with van der Waals surface area (Å²) in [5, 5.41) is 11.6. The Bertz CT molecular complexity index is 876. The van der Waals surface area contributed by atoms with Crippen LogP contribution in [0.3, 0.4) is 0 Å². The lowest BCUT2D eigenvalue weighted by atomic mass is 9.97. The van der Waals surface area contributed by atoms with Gasteiger partial charge in [0.1, 0.15) is 6.04 Å². The average molecular weight is 408 g/mol. The first-order chi connectivity index (χ1) is 13.9. The van der Waals surface area contributed by atoms with Gasteiger partial charge in [0.15, 0.2) is 17.5 Å². The van der Waals surface area contributed by atoms with Crippen LogP contribution < -0.4 is 10.8 Å². The monoisotopic (exact) mass is 408 g/mol. The third-order valence-corrected chi connectivity index (χ3v) is 4.81. The van der Waals surface area contributed by atoms with Crippen molar-refractivity contribution in [1.82, 2.24) is 10.8 Å². The first-order valence-corrected chi connectivity index (χ1v) is 8.97. The normalized spacial score (nSPS) is 15.6. The molecule has 0 aliphatic carbocycles. The van der Waals surface area contributed by atoms with Crippen molar-refractivity contribution in [1.29, 1.82) is 0 Å². The molecule has 3 N–H and O–H groups in total. The van der Waals surface area contributed by atoms with Gasteiger partial charge in [-0.25, -0.2) is 18.7 Å². The second kappa shape index (κ2) is 9.06. The van der Waals surface area contributed by atoms with Crippen LogP contribution in [0.25, 0.3) is 11.1 Å². The van der Waals surface area contributed by atoms with E-state index in [1.54, 1.807) is 0 Å². The number of amides is 2. The Balaban J connectivity index is 1.82. The van der Waals surface area contributed by atoms with E-state index in [1.807, 2.05) is 0 Å². The largest absolute Gasteiger partial charge is 0.381 e. The Labute approximate surface area is 164 Å². The number of hydrogen-bond acceptors (Lipinski definition) is 4. The van der Waals surface area contributed by atoms with Gasteiger partial charge in [0, 0.05) is 19.1 Å². The molecule has 0 unspecified atom stereocenters. The Morgan fingerprint density at radius 2 is 1.59 bits per heavy atom. The lowest BCUT2D eigenvalue weighted by Gasteiger charge is -2.24. The Kier molecular flexibility index (Phi) is 6.50. The predicted molar refractivity (Wildman–Crippen MR) is 96.1 cm³/mol. The molecule has 9 heteroatoms. The molecule has 0 spiro atoms. The number of carbonyl (C=O) groups is 2. The van der Waals surface area contributed by atoms with E-state index in [-0.39, 0.29) is 17.4 Å². The summed E-state index contributed by atoms with van der Waals surface area (Å²) in [5.74, 6) is -5.66. The van der Waals surface area contributed by atoms with Crippen molar-refractivity contribution in [3.63, 3.8) is 0 Å². The average Bonchev–Trinajstić information content (AvgIpc) is 2.75. The zero-order chi connectivity index (χ0) is 21.0. The number of carbonyl (C=O) groups excluding carboxylic acids is 2. The van der Waals surface area contributed by atoms with Crippen molar-refractivity contribution in [3.05, 3.63) is 59.4 Å². The molecule has 6 nitrogen and oxygen atoms in total. The molecule has 2 amide bonds. The maximum atomic E-state index is 13.5. The van der Waals surface area contributed by atoms with E-state index in [4.69, 9.17) is 9.94 Å². The van der Waals surface area contributed by atoms with Crippen LogP contribution in [0.1, 0.15) is 24.4 Å².